The highest BCUT2D eigenvalue weighted by Gasteiger charge is 2.01. The Bertz CT molecular complexity index is 441. The maximum atomic E-state index is 10.9. The average Bonchev–Trinajstić information content (AvgIpc) is 2.33. The van der Waals surface area contributed by atoms with Crippen LogP contribution in [0, 0.1) is 6.92 Å². The number of nitrogens with one attached hydrogen (secondary N) is 2. The Kier molecular flexibility index (Phi) is 1.06. The van der Waals surface area contributed by atoms with Gasteiger partial charge in [-0.15, -0.1) is 0 Å². The van der Waals surface area contributed by atoms with E-state index in [2.05, 4.69) is 20.2 Å². The Morgan fingerprint density at radius 1 is 1.45 bits per heavy atom. The first-order valence-electron chi connectivity index (χ1n) is 3.17. The SMILES string of the molecule is Cc1cnc2[nH][nH]c(=O)c2n1. The summed E-state index contributed by atoms with van der Waals surface area (Å²) in [5.41, 5.74) is 1.38. The van der Waals surface area contributed by atoms with Crippen molar-refractivity contribution in [1.29, 1.82) is 0 Å². The van der Waals surface area contributed by atoms with Gasteiger partial charge in [0, 0.05) is 0 Å². The summed E-state index contributed by atoms with van der Waals surface area (Å²) in [6, 6.07) is 0. The highest BCUT2D eigenvalue weighted by Crippen LogP contribution is 1.98. The second kappa shape index (κ2) is 1.91. The molecule has 2 aromatic rings. The molecule has 5 heteroatoms. The maximum Gasteiger partial charge on any atom is 0.292 e. The van der Waals surface area contributed by atoms with Crippen molar-refractivity contribution in [2.45, 2.75) is 6.92 Å². The average molecular weight is 150 g/mol. The van der Waals surface area contributed by atoms with E-state index in [4.69, 9.17) is 0 Å². The van der Waals surface area contributed by atoms with E-state index in [9.17, 15) is 4.79 Å². The Hall–Kier alpha value is -1.65. The molecule has 0 aromatic carbocycles. The molecule has 0 aliphatic heterocycles. The van der Waals surface area contributed by atoms with E-state index in [-0.39, 0.29) is 5.56 Å². The molecule has 2 rings (SSSR count). The normalized spacial score (nSPS) is 10.6. The summed E-state index contributed by atoms with van der Waals surface area (Å²) in [5, 5.41) is 5.00. The van der Waals surface area contributed by atoms with Crippen LogP contribution in [0.1, 0.15) is 5.69 Å². The number of nitrogens with zero attached hydrogens (tertiary/aromatic N) is 2. The number of hydrogen-bond acceptors (Lipinski definition) is 3. The molecule has 0 radical (unpaired) electrons. The third-order valence-electron chi connectivity index (χ3n) is 1.40. The zero-order valence-electron chi connectivity index (χ0n) is 5.88. The molecule has 2 N–H and O–H groups in total. The van der Waals surface area contributed by atoms with Gasteiger partial charge in [0.05, 0.1) is 11.9 Å². The smallest absolute Gasteiger partial charge is 0.280 e. The molecule has 0 amide bonds. The molecule has 5 nitrogen and oxygen atoms in total. The van der Waals surface area contributed by atoms with Crippen LogP contribution in [0.25, 0.3) is 11.2 Å². The van der Waals surface area contributed by atoms with Gasteiger partial charge >= 0.3 is 0 Å². The van der Waals surface area contributed by atoms with Crippen LogP contribution in [0.4, 0.5) is 0 Å². The fourth-order valence-corrected chi connectivity index (χ4v) is 0.902. The highest BCUT2D eigenvalue weighted by molar-refractivity contribution is 5.67. The van der Waals surface area contributed by atoms with Gasteiger partial charge in [-0.2, -0.15) is 0 Å². The number of hydrogen-bond donors (Lipinski definition) is 2. The van der Waals surface area contributed by atoms with Gasteiger partial charge < -0.3 is 0 Å². The van der Waals surface area contributed by atoms with Gasteiger partial charge in [0.15, 0.2) is 11.2 Å². The van der Waals surface area contributed by atoms with E-state index in [0.717, 1.165) is 5.69 Å². The summed E-state index contributed by atoms with van der Waals surface area (Å²) in [6.45, 7) is 1.79. The molecule has 0 saturated carbocycles. The van der Waals surface area contributed by atoms with Crippen LogP contribution in [-0.4, -0.2) is 20.2 Å². The first-order valence-corrected chi connectivity index (χ1v) is 3.17. The van der Waals surface area contributed by atoms with Crippen LogP contribution < -0.4 is 5.56 Å². The summed E-state index contributed by atoms with van der Waals surface area (Å²) < 4.78 is 0. The van der Waals surface area contributed by atoms with Crippen molar-refractivity contribution in [2.75, 3.05) is 0 Å². The first kappa shape index (κ1) is 6.09. The molecule has 0 spiro atoms. The first-order chi connectivity index (χ1) is 5.27. The minimum Gasteiger partial charge on any atom is -0.280 e. The lowest BCUT2D eigenvalue weighted by Gasteiger charge is -1.87. The number of aromatic nitrogens is 4. The van der Waals surface area contributed by atoms with Gasteiger partial charge in [-0.05, 0) is 6.92 Å². The molecule has 0 atom stereocenters. The van der Waals surface area contributed by atoms with Gasteiger partial charge in [-0.1, -0.05) is 0 Å². The van der Waals surface area contributed by atoms with Crippen LogP contribution in [0.15, 0.2) is 11.0 Å². The maximum absolute atomic E-state index is 10.9. The van der Waals surface area contributed by atoms with Gasteiger partial charge in [0.2, 0.25) is 0 Å². The van der Waals surface area contributed by atoms with Gasteiger partial charge in [-0.3, -0.25) is 15.0 Å². The van der Waals surface area contributed by atoms with Crippen molar-refractivity contribution >= 4 is 11.2 Å². The largest absolute Gasteiger partial charge is 0.292 e. The number of fused-ring (bicyclic) bond motifs is 1. The third-order valence-corrected chi connectivity index (χ3v) is 1.40. The molecule has 2 heterocycles. The highest BCUT2D eigenvalue weighted by atomic mass is 16.1. The number of H-pyrrole nitrogens is 2. The van der Waals surface area contributed by atoms with Crippen molar-refractivity contribution < 1.29 is 0 Å². The summed E-state index contributed by atoms with van der Waals surface area (Å²) in [5.74, 6) is 0. The van der Waals surface area contributed by atoms with Crippen molar-refractivity contribution in [3.8, 4) is 0 Å². The minimum atomic E-state index is -0.226. The topological polar surface area (TPSA) is 74.4 Å². The molecule has 0 saturated heterocycles. The van der Waals surface area contributed by atoms with Gasteiger partial charge in [-0.25, -0.2) is 9.97 Å². The monoisotopic (exact) mass is 150 g/mol. The molecular formula is C6H6N4O. The Morgan fingerprint density at radius 2 is 2.27 bits per heavy atom. The predicted molar refractivity (Wildman–Crippen MR) is 39.2 cm³/mol. The third kappa shape index (κ3) is 0.813. The number of rotatable bonds is 0. The Morgan fingerprint density at radius 3 is 3.09 bits per heavy atom. The Labute approximate surface area is 61.5 Å². The van der Waals surface area contributed by atoms with Crippen LogP contribution >= 0.6 is 0 Å². The number of aromatic amines is 2. The van der Waals surface area contributed by atoms with Crippen molar-refractivity contribution in [3.05, 3.63) is 22.2 Å². The van der Waals surface area contributed by atoms with E-state index in [0.29, 0.717) is 11.2 Å². The molecular weight excluding hydrogens is 144 g/mol. The lowest BCUT2D eigenvalue weighted by atomic mass is 10.5. The molecule has 0 aliphatic carbocycles. The second-order valence-corrected chi connectivity index (χ2v) is 2.29. The van der Waals surface area contributed by atoms with E-state index in [1.165, 1.54) is 0 Å². The number of aryl methyl sites for hydroxylation is 1. The molecule has 11 heavy (non-hydrogen) atoms. The zero-order chi connectivity index (χ0) is 7.84. The molecule has 0 fully saturated rings. The van der Waals surface area contributed by atoms with Gasteiger partial charge in [0.1, 0.15) is 0 Å². The van der Waals surface area contributed by atoms with Crippen molar-refractivity contribution in [3.63, 3.8) is 0 Å². The van der Waals surface area contributed by atoms with Crippen molar-refractivity contribution in [1.82, 2.24) is 20.2 Å². The summed E-state index contributed by atoms with van der Waals surface area (Å²) >= 11 is 0. The predicted octanol–water partition coefficient (Wildman–Crippen LogP) is -0.0454. The molecule has 2 aromatic heterocycles. The van der Waals surface area contributed by atoms with Crippen LogP contribution in [0.3, 0.4) is 0 Å². The molecule has 0 bridgehead atoms. The van der Waals surface area contributed by atoms with Crippen LogP contribution in [-0.2, 0) is 0 Å². The fraction of sp³-hybridized carbons (Fsp3) is 0.167. The summed E-state index contributed by atoms with van der Waals surface area (Å²) in [7, 11) is 0. The Balaban J connectivity index is 2.99. The standard InChI is InChI=1S/C6H6N4O/c1-3-2-7-5-4(8-3)6(11)10-9-5/h2H,1H3,(H2,7,9,10,11). The fourth-order valence-electron chi connectivity index (χ4n) is 0.902. The second-order valence-electron chi connectivity index (χ2n) is 2.29. The molecule has 0 unspecified atom stereocenters. The summed E-state index contributed by atoms with van der Waals surface area (Å²) in [4.78, 5) is 18.9. The lowest BCUT2D eigenvalue weighted by Crippen LogP contribution is -2.00. The summed E-state index contributed by atoms with van der Waals surface area (Å²) in [6.07, 6.45) is 1.60. The van der Waals surface area contributed by atoms with E-state index in [1.54, 1.807) is 13.1 Å². The van der Waals surface area contributed by atoms with E-state index >= 15 is 0 Å². The zero-order valence-corrected chi connectivity index (χ0v) is 5.88. The molecule has 0 aliphatic rings. The van der Waals surface area contributed by atoms with E-state index in [1.807, 2.05) is 0 Å². The van der Waals surface area contributed by atoms with Gasteiger partial charge in [0.25, 0.3) is 5.56 Å². The lowest BCUT2D eigenvalue weighted by molar-refractivity contribution is 1.06. The van der Waals surface area contributed by atoms with E-state index < -0.39 is 0 Å². The quantitative estimate of drug-likeness (QED) is 0.553. The van der Waals surface area contributed by atoms with Crippen LogP contribution in [0.2, 0.25) is 0 Å². The minimum absolute atomic E-state index is 0.226. The van der Waals surface area contributed by atoms with Crippen LogP contribution in [0.5, 0.6) is 0 Å². The van der Waals surface area contributed by atoms with Crippen molar-refractivity contribution in [2.24, 2.45) is 0 Å². The molecule has 56 valence electrons.